The summed E-state index contributed by atoms with van der Waals surface area (Å²) >= 11 is 0. The van der Waals surface area contributed by atoms with Crippen LogP contribution >= 0.6 is 0 Å². The van der Waals surface area contributed by atoms with E-state index < -0.39 is 0 Å². The Morgan fingerprint density at radius 1 is 1.33 bits per heavy atom. The molecular formula is C11H18N2O2. The molecule has 4 heteroatoms. The number of hydrogen-bond acceptors (Lipinski definition) is 4. The summed E-state index contributed by atoms with van der Waals surface area (Å²) in [5, 5.41) is 3.03. The second-order valence-corrected chi connectivity index (χ2v) is 3.27. The highest BCUT2D eigenvalue weighted by Crippen LogP contribution is 2.27. The van der Waals surface area contributed by atoms with E-state index in [2.05, 4.69) is 5.32 Å². The summed E-state index contributed by atoms with van der Waals surface area (Å²) in [6.07, 6.45) is 0. The second-order valence-electron chi connectivity index (χ2n) is 3.27. The van der Waals surface area contributed by atoms with Crippen molar-refractivity contribution in [1.82, 2.24) is 5.32 Å². The van der Waals surface area contributed by atoms with E-state index in [0.717, 1.165) is 17.1 Å². The van der Waals surface area contributed by atoms with Crippen molar-refractivity contribution in [2.75, 3.05) is 27.8 Å². The molecule has 15 heavy (non-hydrogen) atoms. The third-order valence-corrected chi connectivity index (χ3v) is 2.26. The summed E-state index contributed by atoms with van der Waals surface area (Å²) in [5.74, 6) is 1.58. The standard InChI is InChI=1S/C11H18N2O2/c1-13-7-10(12)9-6-8(14-2)4-5-11(9)15-3/h4-6,10,13H,7,12H2,1-3H3. The van der Waals surface area contributed by atoms with Crippen LogP contribution in [0.5, 0.6) is 11.5 Å². The number of likely N-dealkylation sites (N-methyl/N-ethyl adjacent to an activating group) is 1. The van der Waals surface area contributed by atoms with Crippen molar-refractivity contribution in [3.63, 3.8) is 0 Å². The summed E-state index contributed by atoms with van der Waals surface area (Å²) in [6.45, 7) is 0.698. The molecule has 1 aromatic carbocycles. The predicted octanol–water partition coefficient (Wildman–Crippen LogP) is 0.923. The van der Waals surface area contributed by atoms with Crippen LogP contribution in [0.15, 0.2) is 18.2 Å². The van der Waals surface area contributed by atoms with Gasteiger partial charge >= 0.3 is 0 Å². The van der Waals surface area contributed by atoms with E-state index in [4.69, 9.17) is 15.2 Å². The van der Waals surface area contributed by atoms with Crippen LogP contribution in [0.4, 0.5) is 0 Å². The minimum Gasteiger partial charge on any atom is -0.497 e. The van der Waals surface area contributed by atoms with Crippen LogP contribution in [0, 0.1) is 0 Å². The molecular weight excluding hydrogens is 192 g/mol. The van der Waals surface area contributed by atoms with Gasteiger partial charge in [0.25, 0.3) is 0 Å². The molecule has 0 aliphatic carbocycles. The van der Waals surface area contributed by atoms with Crippen molar-refractivity contribution in [2.24, 2.45) is 5.73 Å². The Morgan fingerprint density at radius 3 is 2.60 bits per heavy atom. The van der Waals surface area contributed by atoms with Crippen LogP contribution < -0.4 is 20.5 Å². The first-order valence-corrected chi connectivity index (χ1v) is 4.85. The van der Waals surface area contributed by atoms with E-state index >= 15 is 0 Å². The lowest BCUT2D eigenvalue weighted by Gasteiger charge is -2.16. The lowest BCUT2D eigenvalue weighted by molar-refractivity contribution is 0.394. The van der Waals surface area contributed by atoms with Crippen molar-refractivity contribution in [3.8, 4) is 11.5 Å². The lowest BCUT2D eigenvalue weighted by Crippen LogP contribution is -2.24. The Bertz CT molecular complexity index is 315. The fraction of sp³-hybridized carbons (Fsp3) is 0.455. The predicted molar refractivity (Wildman–Crippen MR) is 60.4 cm³/mol. The molecule has 0 heterocycles. The van der Waals surface area contributed by atoms with Crippen molar-refractivity contribution < 1.29 is 9.47 Å². The zero-order valence-electron chi connectivity index (χ0n) is 9.41. The first-order valence-electron chi connectivity index (χ1n) is 4.85. The van der Waals surface area contributed by atoms with Gasteiger partial charge in [-0.1, -0.05) is 0 Å². The number of benzene rings is 1. The molecule has 0 aliphatic heterocycles. The average Bonchev–Trinajstić information content (AvgIpc) is 2.28. The van der Waals surface area contributed by atoms with E-state index in [0.29, 0.717) is 6.54 Å². The van der Waals surface area contributed by atoms with E-state index in [1.54, 1.807) is 14.2 Å². The molecule has 0 amide bonds. The summed E-state index contributed by atoms with van der Waals surface area (Å²) in [5.41, 5.74) is 6.96. The first-order chi connectivity index (χ1) is 7.22. The fourth-order valence-corrected chi connectivity index (χ4v) is 1.46. The maximum absolute atomic E-state index is 6.01. The molecule has 1 unspecified atom stereocenters. The Morgan fingerprint density at radius 2 is 2.07 bits per heavy atom. The zero-order chi connectivity index (χ0) is 11.3. The molecule has 1 atom stereocenters. The van der Waals surface area contributed by atoms with Gasteiger partial charge < -0.3 is 20.5 Å². The van der Waals surface area contributed by atoms with Crippen molar-refractivity contribution >= 4 is 0 Å². The van der Waals surface area contributed by atoms with Crippen molar-refractivity contribution in [2.45, 2.75) is 6.04 Å². The minimum atomic E-state index is -0.0972. The smallest absolute Gasteiger partial charge is 0.123 e. The molecule has 0 spiro atoms. The molecule has 84 valence electrons. The highest BCUT2D eigenvalue weighted by atomic mass is 16.5. The number of ether oxygens (including phenoxy) is 2. The topological polar surface area (TPSA) is 56.5 Å². The fourth-order valence-electron chi connectivity index (χ4n) is 1.46. The van der Waals surface area contributed by atoms with Gasteiger partial charge in [0.05, 0.1) is 14.2 Å². The van der Waals surface area contributed by atoms with Gasteiger partial charge in [0, 0.05) is 18.2 Å². The van der Waals surface area contributed by atoms with Crippen LogP contribution in [-0.2, 0) is 0 Å². The second kappa shape index (κ2) is 5.58. The van der Waals surface area contributed by atoms with Crippen LogP contribution in [0.1, 0.15) is 11.6 Å². The van der Waals surface area contributed by atoms with E-state index in [1.165, 1.54) is 0 Å². The van der Waals surface area contributed by atoms with Gasteiger partial charge in [0.1, 0.15) is 11.5 Å². The Balaban J connectivity index is 3.00. The van der Waals surface area contributed by atoms with E-state index in [9.17, 15) is 0 Å². The Hall–Kier alpha value is -1.26. The summed E-state index contributed by atoms with van der Waals surface area (Å²) in [7, 11) is 5.14. The highest BCUT2D eigenvalue weighted by Gasteiger charge is 2.12. The molecule has 1 rings (SSSR count). The monoisotopic (exact) mass is 210 g/mol. The van der Waals surface area contributed by atoms with Gasteiger partial charge in [-0.15, -0.1) is 0 Å². The number of rotatable bonds is 5. The first kappa shape index (κ1) is 11.8. The number of nitrogens with one attached hydrogen (secondary N) is 1. The molecule has 0 fully saturated rings. The van der Waals surface area contributed by atoms with Crippen molar-refractivity contribution in [1.29, 1.82) is 0 Å². The van der Waals surface area contributed by atoms with Crippen LogP contribution in [0.25, 0.3) is 0 Å². The average molecular weight is 210 g/mol. The molecule has 0 aliphatic rings. The van der Waals surface area contributed by atoms with Crippen LogP contribution in [0.3, 0.4) is 0 Å². The van der Waals surface area contributed by atoms with Gasteiger partial charge in [-0.25, -0.2) is 0 Å². The number of hydrogen-bond donors (Lipinski definition) is 2. The van der Waals surface area contributed by atoms with E-state index in [-0.39, 0.29) is 6.04 Å². The molecule has 3 N–H and O–H groups in total. The molecule has 0 bridgehead atoms. The Labute approximate surface area is 90.4 Å². The largest absolute Gasteiger partial charge is 0.497 e. The summed E-state index contributed by atoms with van der Waals surface area (Å²) in [6, 6.07) is 5.53. The molecule has 0 radical (unpaired) electrons. The highest BCUT2D eigenvalue weighted by molar-refractivity contribution is 5.42. The lowest BCUT2D eigenvalue weighted by atomic mass is 10.1. The summed E-state index contributed by atoms with van der Waals surface area (Å²) in [4.78, 5) is 0. The maximum Gasteiger partial charge on any atom is 0.123 e. The van der Waals surface area contributed by atoms with Crippen LogP contribution in [0.2, 0.25) is 0 Å². The third-order valence-electron chi connectivity index (χ3n) is 2.26. The molecule has 1 aromatic rings. The third kappa shape index (κ3) is 2.84. The molecule has 4 nitrogen and oxygen atoms in total. The normalized spacial score (nSPS) is 12.3. The Kier molecular flexibility index (Phi) is 4.39. The van der Waals surface area contributed by atoms with Crippen molar-refractivity contribution in [3.05, 3.63) is 23.8 Å². The number of methoxy groups -OCH3 is 2. The molecule has 0 saturated carbocycles. The maximum atomic E-state index is 6.01. The van der Waals surface area contributed by atoms with Gasteiger partial charge in [0.2, 0.25) is 0 Å². The number of nitrogens with two attached hydrogens (primary N) is 1. The molecule has 0 aromatic heterocycles. The van der Waals surface area contributed by atoms with Crippen LogP contribution in [-0.4, -0.2) is 27.8 Å². The van der Waals surface area contributed by atoms with E-state index in [1.807, 2.05) is 25.2 Å². The minimum absolute atomic E-state index is 0.0972. The SMILES string of the molecule is CNCC(N)c1cc(OC)ccc1OC. The van der Waals surface area contributed by atoms with Gasteiger partial charge in [-0.05, 0) is 25.2 Å². The summed E-state index contributed by atoms with van der Waals surface area (Å²) < 4.78 is 10.4. The van der Waals surface area contributed by atoms with Gasteiger partial charge in [-0.3, -0.25) is 0 Å². The zero-order valence-corrected chi connectivity index (χ0v) is 9.41. The van der Waals surface area contributed by atoms with Gasteiger partial charge in [-0.2, -0.15) is 0 Å². The van der Waals surface area contributed by atoms with Gasteiger partial charge in [0.15, 0.2) is 0 Å². The molecule has 0 saturated heterocycles. The quantitative estimate of drug-likeness (QED) is 0.759.